The molecule has 0 bridgehead atoms. The minimum atomic E-state index is -3.44. The third kappa shape index (κ3) is 5.61. The van der Waals surface area contributed by atoms with Gasteiger partial charge in [0.25, 0.3) is 0 Å². The highest BCUT2D eigenvalue weighted by atomic mass is 35.5. The highest BCUT2D eigenvalue weighted by Crippen LogP contribution is 2.29. The number of anilines is 1. The van der Waals surface area contributed by atoms with Crippen molar-refractivity contribution in [3.8, 4) is 0 Å². The number of carbonyl (C=O) groups excluding carboxylic acids is 1. The number of hydrogen-bond donors (Lipinski definition) is 2. The van der Waals surface area contributed by atoms with E-state index >= 15 is 0 Å². The molecule has 26 heavy (non-hydrogen) atoms. The van der Waals surface area contributed by atoms with E-state index < -0.39 is 10.0 Å². The van der Waals surface area contributed by atoms with E-state index in [9.17, 15) is 13.2 Å². The van der Waals surface area contributed by atoms with Crippen LogP contribution in [0.15, 0.2) is 24.1 Å². The Morgan fingerprint density at radius 2 is 1.92 bits per heavy atom. The van der Waals surface area contributed by atoms with Gasteiger partial charge in [-0.05, 0) is 37.0 Å². The maximum atomic E-state index is 12.4. The molecule has 0 aromatic heterocycles. The van der Waals surface area contributed by atoms with E-state index in [1.165, 1.54) is 0 Å². The van der Waals surface area contributed by atoms with Crippen molar-refractivity contribution in [3.05, 3.63) is 39.7 Å². The van der Waals surface area contributed by atoms with Crippen molar-refractivity contribution in [1.29, 1.82) is 0 Å². The monoisotopic (exact) mass is 419 g/mol. The van der Waals surface area contributed by atoms with Crippen LogP contribution in [0, 0.1) is 0 Å². The number of carbonyl (C=O) groups is 1. The maximum absolute atomic E-state index is 12.4. The van der Waals surface area contributed by atoms with E-state index in [2.05, 4.69) is 16.6 Å². The third-order valence-electron chi connectivity index (χ3n) is 4.36. The molecule has 1 aliphatic heterocycles. The van der Waals surface area contributed by atoms with Crippen molar-refractivity contribution in [3.63, 3.8) is 0 Å². The molecule has 1 amide bonds. The highest BCUT2D eigenvalue weighted by Gasteiger charge is 2.24. The van der Waals surface area contributed by atoms with E-state index in [1.807, 2.05) is 6.92 Å². The van der Waals surface area contributed by atoms with Gasteiger partial charge in [0.1, 0.15) is 0 Å². The molecule has 1 aromatic carbocycles. The molecule has 6 nitrogen and oxygen atoms in total. The summed E-state index contributed by atoms with van der Waals surface area (Å²) in [6, 6.07) is 3.36. The molecule has 9 heteroatoms. The van der Waals surface area contributed by atoms with E-state index in [4.69, 9.17) is 23.2 Å². The van der Waals surface area contributed by atoms with Crippen molar-refractivity contribution in [2.24, 2.45) is 0 Å². The molecule has 144 valence electrons. The number of hydrogen-bond acceptors (Lipinski definition) is 4. The normalized spacial score (nSPS) is 15.7. The van der Waals surface area contributed by atoms with E-state index in [0.29, 0.717) is 36.0 Å². The van der Waals surface area contributed by atoms with Gasteiger partial charge in [-0.25, -0.2) is 13.1 Å². The summed E-state index contributed by atoms with van der Waals surface area (Å²) in [6.07, 6.45) is 1.92. The van der Waals surface area contributed by atoms with Crippen LogP contribution in [0.25, 0.3) is 0 Å². The van der Waals surface area contributed by atoms with Crippen molar-refractivity contribution in [1.82, 2.24) is 9.62 Å². The number of likely N-dealkylation sites (tertiary alicyclic amines) is 1. The maximum Gasteiger partial charge on any atom is 0.241 e. The zero-order valence-electron chi connectivity index (χ0n) is 14.6. The molecule has 1 saturated heterocycles. The number of benzene rings is 1. The number of piperidine rings is 1. The van der Waals surface area contributed by atoms with Crippen LogP contribution in [0.4, 0.5) is 5.69 Å². The lowest BCUT2D eigenvalue weighted by molar-refractivity contribution is -0.130. The molecule has 0 saturated carbocycles. The van der Waals surface area contributed by atoms with Gasteiger partial charge in [-0.1, -0.05) is 36.7 Å². The van der Waals surface area contributed by atoms with Gasteiger partial charge in [0.2, 0.25) is 15.9 Å². The summed E-state index contributed by atoms with van der Waals surface area (Å²) >= 11 is 12.1. The first-order chi connectivity index (χ1) is 12.3. The van der Waals surface area contributed by atoms with Gasteiger partial charge in [-0.15, -0.1) is 0 Å². The molecule has 0 radical (unpaired) electrons. The number of nitrogens with one attached hydrogen (secondary N) is 2. The van der Waals surface area contributed by atoms with Crippen LogP contribution in [-0.4, -0.2) is 44.9 Å². The first-order valence-electron chi connectivity index (χ1n) is 8.40. The minimum Gasteiger partial charge on any atom is -0.376 e. The molecule has 2 N–H and O–H groups in total. The van der Waals surface area contributed by atoms with Gasteiger partial charge in [0.05, 0.1) is 16.6 Å². The largest absolute Gasteiger partial charge is 0.376 e. The van der Waals surface area contributed by atoms with Crippen LogP contribution in [0.1, 0.15) is 25.3 Å². The SMILES string of the molecule is C=CS(=O)(=O)NC1CCN(C(=O)CNc2cc(Cl)c(Cl)cc2CC)CC1. The number of rotatable bonds is 7. The summed E-state index contributed by atoms with van der Waals surface area (Å²) in [7, 11) is -3.44. The molecular weight excluding hydrogens is 397 g/mol. The second-order valence-electron chi connectivity index (χ2n) is 6.12. The Labute approximate surface area is 164 Å². The van der Waals surface area contributed by atoms with E-state index in [-0.39, 0.29) is 18.5 Å². The van der Waals surface area contributed by atoms with Crippen molar-refractivity contribution in [2.45, 2.75) is 32.2 Å². The second kappa shape index (κ2) is 9.08. The van der Waals surface area contributed by atoms with Crippen LogP contribution < -0.4 is 10.0 Å². The summed E-state index contributed by atoms with van der Waals surface area (Å²) < 4.78 is 25.6. The van der Waals surface area contributed by atoms with Crippen LogP contribution in [0.2, 0.25) is 10.0 Å². The van der Waals surface area contributed by atoms with Crippen LogP contribution in [0.3, 0.4) is 0 Å². The second-order valence-corrected chi connectivity index (χ2v) is 8.59. The summed E-state index contributed by atoms with van der Waals surface area (Å²) in [5.74, 6) is -0.0387. The molecule has 2 rings (SSSR count). The summed E-state index contributed by atoms with van der Waals surface area (Å²) in [6.45, 7) is 6.44. The standard InChI is InChI=1S/C17H23Cl2N3O3S/c1-3-12-9-14(18)15(19)10-16(12)20-11-17(23)22-7-5-13(6-8-22)21-26(24,25)4-2/h4,9-10,13,20-21H,2-3,5-8,11H2,1H3. The molecule has 0 unspecified atom stereocenters. The lowest BCUT2D eigenvalue weighted by Crippen LogP contribution is -2.47. The van der Waals surface area contributed by atoms with Gasteiger partial charge in [0, 0.05) is 30.2 Å². The first-order valence-corrected chi connectivity index (χ1v) is 10.7. The summed E-state index contributed by atoms with van der Waals surface area (Å²) in [5, 5.41) is 4.96. The fourth-order valence-corrected chi connectivity index (χ4v) is 4.00. The molecule has 0 atom stereocenters. The van der Waals surface area contributed by atoms with Crippen LogP contribution in [0.5, 0.6) is 0 Å². The Morgan fingerprint density at radius 3 is 2.50 bits per heavy atom. The lowest BCUT2D eigenvalue weighted by atomic mass is 10.1. The fourth-order valence-electron chi connectivity index (χ4n) is 2.85. The van der Waals surface area contributed by atoms with Gasteiger partial charge in [-0.3, -0.25) is 4.79 Å². The van der Waals surface area contributed by atoms with Crippen LogP contribution >= 0.6 is 23.2 Å². The van der Waals surface area contributed by atoms with Gasteiger partial charge >= 0.3 is 0 Å². The minimum absolute atomic E-state index is 0.0387. The number of amides is 1. The number of halogens is 2. The first kappa shape index (κ1) is 21.0. The van der Waals surface area contributed by atoms with Gasteiger partial charge < -0.3 is 10.2 Å². The Bertz CT molecular complexity index is 776. The van der Waals surface area contributed by atoms with E-state index in [0.717, 1.165) is 23.1 Å². The predicted molar refractivity (Wildman–Crippen MR) is 106 cm³/mol. The number of aryl methyl sites for hydroxylation is 1. The molecule has 1 aromatic rings. The molecule has 0 spiro atoms. The zero-order valence-corrected chi connectivity index (χ0v) is 16.9. The Balaban J connectivity index is 1.88. The van der Waals surface area contributed by atoms with Crippen LogP contribution in [-0.2, 0) is 21.2 Å². The predicted octanol–water partition coefficient (Wildman–Crippen LogP) is 3.02. The van der Waals surface area contributed by atoms with Gasteiger partial charge in [0.15, 0.2) is 0 Å². The average molecular weight is 420 g/mol. The molecule has 1 fully saturated rings. The number of nitrogens with zero attached hydrogens (tertiary/aromatic N) is 1. The highest BCUT2D eigenvalue weighted by molar-refractivity contribution is 7.92. The zero-order chi connectivity index (χ0) is 19.3. The quantitative estimate of drug-likeness (QED) is 0.711. The summed E-state index contributed by atoms with van der Waals surface area (Å²) in [4.78, 5) is 14.2. The van der Waals surface area contributed by atoms with Crippen molar-refractivity contribution >= 4 is 44.8 Å². The summed E-state index contributed by atoms with van der Waals surface area (Å²) in [5.41, 5.74) is 1.79. The third-order valence-corrected chi connectivity index (χ3v) is 6.18. The van der Waals surface area contributed by atoms with E-state index in [1.54, 1.807) is 17.0 Å². The smallest absolute Gasteiger partial charge is 0.241 e. The Hall–Kier alpha value is -1.28. The average Bonchev–Trinajstić information content (AvgIpc) is 2.62. The number of sulfonamides is 1. The Kier molecular flexibility index (Phi) is 7.34. The molecule has 1 aliphatic rings. The Morgan fingerprint density at radius 1 is 1.31 bits per heavy atom. The van der Waals surface area contributed by atoms with Crippen molar-refractivity contribution < 1.29 is 13.2 Å². The molecule has 0 aliphatic carbocycles. The fraction of sp³-hybridized carbons (Fsp3) is 0.471. The molecule has 1 heterocycles. The van der Waals surface area contributed by atoms with Gasteiger partial charge in [-0.2, -0.15) is 0 Å². The van der Waals surface area contributed by atoms with Crippen molar-refractivity contribution in [2.75, 3.05) is 25.0 Å². The topological polar surface area (TPSA) is 78.5 Å². The lowest BCUT2D eigenvalue weighted by Gasteiger charge is -2.32. The molecular formula is C17H23Cl2N3O3S.